The number of nitrogens with two attached hydrogens (primary N) is 2. The Balaban J connectivity index is 0.000000200. The first-order chi connectivity index (χ1) is 11.2. The van der Waals surface area contributed by atoms with E-state index < -0.39 is 0 Å². The van der Waals surface area contributed by atoms with Gasteiger partial charge in [-0.2, -0.15) is 0 Å². The van der Waals surface area contributed by atoms with Crippen molar-refractivity contribution in [1.82, 2.24) is 0 Å². The molecule has 2 radical (unpaired) electrons. The number of halogens is 2. The number of fused-ring (bicyclic) bond motifs is 1. The Kier molecular flexibility index (Phi) is 11.6. The van der Waals surface area contributed by atoms with Crippen LogP contribution in [-0.4, -0.2) is 26.0 Å². The van der Waals surface area contributed by atoms with E-state index in [-0.39, 0.29) is 19.4 Å². The van der Waals surface area contributed by atoms with E-state index in [0.29, 0.717) is 0 Å². The van der Waals surface area contributed by atoms with E-state index in [1.54, 1.807) is 0 Å². The number of nitrogen functional groups attached to an aromatic ring is 1. The van der Waals surface area contributed by atoms with Crippen molar-refractivity contribution in [2.45, 2.75) is 6.42 Å². The summed E-state index contributed by atoms with van der Waals surface area (Å²) >= 11 is 6.22. The Labute approximate surface area is 161 Å². The molecular formula is C18H20Br2N2Pb. The van der Waals surface area contributed by atoms with Gasteiger partial charge in [0.25, 0.3) is 0 Å². The zero-order valence-electron chi connectivity index (χ0n) is 12.8. The van der Waals surface area contributed by atoms with Crippen molar-refractivity contribution in [2.75, 3.05) is 12.3 Å². The van der Waals surface area contributed by atoms with E-state index in [4.69, 9.17) is 11.5 Å². The van der Waals surface area contributed by atoms with Crippen LogP contribution in [0.1, 0.15) is 5.56 Å². The van der Waals surface area contributed by atoms with Gasteiger partial charge in [-0.1, -0.05) is 66.7 Å². The van der Waals surface area contributed by atoms with Crippen molar-refractivity contribution in [3.63, 3.8) is 0 Å². The summed E-state index contributed by atoms with van der Waals surface area (Å²) in [5.41, 5.74) is 13.3. The zero-order chi connectivity index (χ0) is 16.9. The molecule has 23 heavy (non-hydrogen) atoms. The summed E-state index contributed by atoms with van der Waals surface area (Å²) in [5, 5.41) is 2.34. The fourth-order valence-corrected chi connectivity index (χ4v) is 2.06. The minimum absolute atomic E-state index is 0.292. The monoisotopic (exact) mass is 630 g/mol. The molecule has 0 aliphatic heterocycles. The van der Waals surface area contributed by atoms with Crippen LogP contribution in [0.15, 0.2) is 72.8 Å². The summed E-state index contributed by atoms with van der Waals surface area (Å²) in [7, 11) is 0. The molecule has 0 saturated carbocycles. The second kappa shape index (κ2) is 12.9. The third-order valence-corrected chi connectivity index (χ3v) is 3.10. The van der Waals surface area contributed by atoms with Gasteiger partial charge in [-0.25, -0.2) is 0 Å². The van der Waals surface area contributed by atoms with E-state index in [1.165, 1.54) is 10.9 Å². The first-order valence-electron chi connectivity index (χ1n) is 7.16. The van der Waals surface area contributed by atoms with Gasteiger partial charge in [0, 0.05) is 11.1 Å². The molecule has 4 N–H and O–H groups in total. The Morgan fingerprint density at radius 1 is 0.783 bits per heavy atom. The second-order valence-corrected chi connectivity index (χ2v) is 21.5. The van der Waals surface area contributed by atoms with Crippen LogP contribution in [0, 0.1) is 0 Å². The molecule has 0 aliphatic carbocycles. The molecule has 0 atom stereocenters. The van der Waals surface area contributed by atoms with E-state index in [1.807, 2.05) is 48.5 Å². The van der Waals surface area contributed by atoms with Crippen LogP contribution in [0.4, 0.5) is 5.69 Å². The average Bonchev–Trinajstić information content (AvgIpc) is 2.58. The predicted octanol–water partition coefficient (Wildman–Crippen LogP) is 4.92. The molecule has 0 fully saturated rings. The molecule has 3 rings (SSSR count). The number of hydrogen-bond acceptors (Lipinski definition) is 2. The van der Waals surface area contributed by atoms with Gasteiger partial charge in [0.1, 0.15) is 0 Å². The molecule has 0 unspecified atom stereocenters. The van der Waals surface area contributed by atoms with E-state index in [9.17, 15) is 0 Å². The number of benzene rings is 3. The van der Waals surface area contributed by atoms with Gasteiger partial charge < -0.3 is 11.5 Å². The van der Waals surface area contributed by atoms with Crippen LogP contribution in [-0.2, 0) is 6.42 Å². The summed E-state index contributed by atoms with van der Waals surface area (Å²) in [6, 6.07) is 24.3. The van der Waals surface area contributed by atoms with Crippen molar-refractivity contribution in [3.8, 4) is 0 Å². The van der Waals surface area contributed by atoms with Gasteiger partial charge in [-0.3, -0.25) is 0 Å². The molecule has 120 valence electrons. The van der Waals surface area contributed by atoms with E-state index in [0.717, 1.165) is 24.0 Å². The third-order valence-electron chi connectivity index (χ3n) is 3.10. The number of rotatable bonds is 2. The fraction of sp³-hybridized carbons (Fsp3) is 0.111. The summed E-state index contributed by atoms with van der Waals surface area (Å²) in [6.45, 7) is 0.740. The molecule has 5 heteroatoms. The summed E-state index contributed by atoms with van der Waals surface area (Å²) in [6.07, 6.45) is 0.987. The third kappa shape index (κ3) is 8.28. The van der Waals surface area contributed by atoms with Crippen molar-refractivity contribution in [3.05, 3.63) is 78.4 Å². The zero-order valence-corrected chi connectivity index (χ0v) is 19.8. The fourth-order valence-electron chi connectivity index (χ4n) is 2.06. The molecule has 0 spiro atoms. The normalized spacial score (nSPS) is 9.35. The Bertz CT molecular complexity index is 673. The molecular weight excluding hydrogens is 611 g/mol. The first kappa shape index (κ1) is 20.6. The van der Waals surface area contributed by atoms with Gasteiger partial charge in [-0.15, -0.1) is 0 Å². The first-order valence-corrected chi connectivity index (χ1v) is 24.0. The minimum atomic E-state index is -0.292. The number of anilines is 1. The maximum absolute atomic E-state index is 5.76. The maximum atomic E-state index is 5.76. The van der Waals surface area contributed by atoms with E-state index >= 15 is 0 Å². The molecule has 3 aromatic carbocycles. The van der Waals surface area contributed by atoms with Crippen LogP contribution < -0.4 is 11.5 Å². The van der Waals surface area contributed by atoms with Crippen LogP contribution in [0.2, 0.25) is 0 Å². The number of hydrogen-bond donors (Lipinski definition) is 2. The van der Waals surface area contributed by atoms with Crippen LogP contribution in [0.5, 0.6) is 0 Å². The second-order valence-electron chi connectivity index (χ2n) is 4.66. The van der Waals surface area contributed by atoms with Gasteiger partial charge in [0.05, 0.1) is 0 Å². The van der Waals surface area contributed by atoms with Crippen LogP contribution in [0.25, 0.3) is 10.8 Å². The molecule has 2 nitrogen and oxygen atoms in total. The molecule has 0 aromatic heterocycles. The van der Waals surface area contributed by atoms with Crippen molar-refractivity contribution < 1.29 is 0 Å². The Morgan fingerprint density at radius 3 is 1.96 bits per heavy atom. The summed E-state index contributed by atoms with van der Waals surface area (Å²) in [5.74, 6) is 0. The predicted molar refractivity (Wildman–Crippen MR) is 111 cm³/mol. The molecule has 3 aromatic rings. The Morgan fingerprint density at radius 2 is 1.35 bits per heavy atom. The SMILES string of the molecule is NCCc1ccccc1.Nc1cccc2ccccc12.[Br][Pb][Br]. The van der Waals surface area contributed by atoms with Crippen molar-refractivity contribution >= 4 is 59.8 Å². The van der Waals surface area contributed by atoms with E-state index in [2.05, 4.69) is 48.2 Å². The molecule has 0 heterocycles. The molecule has 0 aliphatic rings. The van der Waals surface area contributed by atoms with Crippen molar-refractivity contribution in [1.29, 1.82) is 0 Å². The quantitative estimate of drug-likeness (QED) is 0.312. The van der Waals surface area contributed by atoms with Gasteiger partial charge in [0.2, 0.25) is 0 Å². The molecule has 0 saturated heterocycles. The molecule has 0 bridgehead atoms. The summed E-state index contributed by atoms with van der Waals surface area (Å²) < 4.78 is 0. The van der Waals surface area contributed by atoms with Gasteiger partial charge in [0.15, 0.2) is 0 Å². The van der Waals surface area contributed by atoms with Crippen molar-refractivity contribution in [2.24, 2.45) is 5.73 Å². The Hall–Kier alpha value is -0.438. The van der Waals surface area contributed by atoms with Crippen LogP contribution >= 0.6 is 24.0 Å². The molecule has 0 amide bonds. The van der Waals surface area contributed by atoms with Gasteiger partial charge in [-0.05, 0) is 30.0 Å². The summed E-state index contributed by atoms with van der Waals surface area (Å²) in [4.78, 5) is 0. The standard InChI is InChI=1S/C10H9N.C8H11N.2BrH.Pb/c11-10-7-3-5-8-4-1-2-6-9(8)10;9-7-6-8-4-2-1-3-5-8;;;/h1-7H,11H2;1-5H,6-7,9H2;2*1H;/q;;;;+2/p-2. The topological polar surface area (TPSA) is 52.0 Å². The average molecular weight is 631 g/mol. The van der Waals surface area contributed by atoms with Crippen LogP contribution in [0.3, 0.4) is 0 Å². The van der Waals surface area contributed by atoms with Gasteiger partial charge >= 0.3 is 43.4 Å².